The fourth-order valence-corrected chi connectivity index (χ4v) is 3.09. The van der Waals surface area contributed by atoms with Crippen LogP contribution in [0.1, 0.15) is 5.56 Å². The van der Waals surface area contributed by atoms with Gasteiger partial charge in [-0.3, -0.25) is 0 Å². The van der Waals surface area contributed by atoms with Crippen LogP contribution in [0, 0.1) is 6.92 Å². The first kappa shape index (κ1) is 19.5. The van der Waals surface area contributed by atoms with Crippen molar-refractivity contribution in [2.75, 3.05) is 12.0 Å². The Hall–Kier alpha value is 0.406. The van der Waals surface area contributed by atoms with Gasteiger partial charge in [-0.15, -0.1) is 0 Å². The summed E-state index contributed by atoms with van der Waals surface area (Å²) in [5, 5.41) is 2.88. The van der Waals surface area contributed by atoms with Crippen molar-refractivity contribution < 1.29 is 51.4 Å². The molecule has 0 spiro atoms. The van der Waals surface area contributed by atoms with Gasteiger partial charge in [0.05, 0.1) is 0 Å². The average Bonchev–Trinajstić information content (AvgIpc) is 2.81. The number of halogens is 1. The van der Waals surface area contributed by atoms with E-state index in [1.807, 2.05) is 12.1 Å². The van der Waals surface area contributed by atoms with Crippen LogP contribution >= 0.6 is 22.9 Å². The summed E-state index contributed by atoms with van der Waals surface area (Å²) < 4.78 is 0.640. The molecular formula is C15H14ClKN2S2. The van der Waals surface area contributed by atoms with Crippen LogP contribution < -0.4 is 57.1 Å². The number of rotatable bonds is 1. The summed E-state index contributed by atoms with van der Waals surface area (Å²) in [4.78, 5) is 4.32. The Kier molecular flexibility index (Phi) is 8.23. The second-order valence-electron chi connectivity index (χ2n) is 4.15. The topological polar surface area (TPSA) is 38.9 Å². The number of fused-ring (bicyclic) bond motifs is 1. The summed E-state index contributed by atoms with van der Waals surface area (Å²) in [7, 11) is 0. The van der Waals surface area contributed by atoms with Crippen LogP contribution in [-0.2, 0) is 12.6 Å². The maximum absolute atomic E-state index is 6.20. The Morgan fingerprint density at radius 2 is 1.71 bits per heavy atom. The smallest absolute Gasteiger partial charge is 0.796 e. The standard InChI is InChI=1S/C14H11ClN2S.CH4S.K/c1-8-6-7-11(10-5-3-2-4-9(8)10)12-13(15)18-14(16)17-12;1-2;/h2-7H,1H3,(H2,16,17);2H,1H3;/q;;+1/p-1. The van der Waals surface area contributed by atoms with E-state index < -0.39 is 0 Å². The van der Waals surface area contributed by atoms with E-state index in [9.17, 15) is 0 Å². The maximum Gasteiger partial charge on any atom is 1.00 e. The summed E-state index contributed by atoms with van der Waals surface area (Å²) in [5.41, 5.74) is 8.77. The molecule has 0 atom stereocenters. The number of hydrogen-bond donors (Lipinski definition) is 1. The fourth-order valence-electron chi connectivity index (χ4n) is 2.14. The summed E-state index contributed by atoms with van der Waals surface area (Å²) in [5.74, 6) is 0. The number of hydrogen-bond acceptors (Lipinski definition) is 4. The zero-order chi connectivity index (χ0) is 14.7. The van der Waals surface area contributed by atoms with Crippen molar-refractivity contribution >= 4 is 51.5 Å². The van der Waals surface area contributed by atoms with E-state index in [2.05, 4.69) is 48.8 Å². The quantitative estimate of drug-likeness (QED) is 0.530. The normalized spacial score (nSPS) is 9.71. The van der Waals surface area contributed by atoms with E-state index in [1.165, 1.54) is 22.3 Å². The fraction of sp³-hybridized carbons (Fsp3) is 0.133. The Balaban J connectivity index is 0.000000706. The van der Waals surface area contributed by atoms with Crippen molar-refractivity contribution in [1.82, 2.24) is 4.98 Å². The van der Waals surface area contributed by atoms with E-state index >= 15 is 0 Å². The second-order valence-corrected chi connectivity index (χ2v) is 5.78. The predicted molar refractivity (Wildman–Crippen MR) is 92.5 cm³/mol. The molecule has 2 N–H and O–H groups in total. The van der Waals surface area contributed by atoms with Gasteiger partial charge in [-0.05, 0) is 23.3 Å². The SMILES string of the molecule is C[S-].Cc1ccc(-c2nc(N)sc2Cl)c2ccccc12.[K+]. The maximum atomic E-state index is 6.20. The van der Waals surface area contributed by atoms with Gasteiger partial charge in [0.15, 0.2) is 5.13 Å². The van der Waals surface area contributed by atoms with Crippen molar-refractivity contribution in [2.45, 2.75) is 6.92 Å². The molecule has 2 aromatic carbocycles. The Labute approximate surface area is 181 Å². The number of benzene rings is 2. The van der Waals surface area contributed by atoms with E-state index in [-0.39, 0.29) is 51.4 Å². The van der Waals surface area contributed by atoms with Gasteiger partial charge in [0.1, 0.15) is 10.0 Å². The van der Waals surface area contributed by atoms with E-state index in [0.29, 0.717) is 9.47 Å². The molecule has 1 aromatic heterocycles. The average molecular weight is 361 g/mol. The third kappa shape index (κ3) is 4.23. The molecule has 6 heteroatoms. The number of anilines is 1. The van der Waals surface area contributed by atoms with E-state index in [0.717, 1.165) is 16.6 Å². The van der Waals surface area contributed by atoms with Crippen molar-refractivity contribution in [1.29, 1.82) is 0 Å². The second kappa shape index (κ2) is 8.89. The molecule has 21 heavy (non-hydrogen) atoms. The molecule has 0 fully saturated rings. The largest absolute Gasteiger partial charge is 1.00 e. The summed E-state index contributed by atoms with van der Waals surface area (Å²) >= 11 is 11.6. The van der Waals surface area contributed by atoms with Crippen LogP contribution in [0.5, 0.6) is 0 Å². The van der Waals surface area contributed by atoms with Gasteiger partial charge in [-0.25, -0.2) is 4.98 Å². The van der Waals surface area contributed by atoms with Crippen LogP contribution in [0.15, 0.2) is 36.4 Å². The van der Waals surface area contributed by atoms with Crippen LogP contribution in [0.2, 0.25) is 4.34 Å². The molecule has 0 amide bonds. The number of aromatic nitrogens is 1. The molecule has 104 valence electrons. The molecule has 1 heterocycles. The van der Waals surface area contributed by atoms with Gasteiger partial charge in [0.2, 0.25) is 0 Å². The first-order valence-electron chi connectivity index (χ1n) is 5.98. The zero-order valence-electron chi connectivity index (χ0n) is 12.2. The molecule has 2 nitrogen and oxygen atoms in total. The number of nitrogen functional groups attached to an aromatic ring is 1. The monoisotopic (exact) mass is 360 g/mol. The van der Waals surface area contributed by atoms with E-state index in [1.54, 1.807) is 6.26 Å². The number of aryl methyl sites for hydroxylation is 1. The van der Waals surface area contributed by atoms with Crippen LogP contribution in [0.25, 0.3) is 22.0 Å². The number of thiazole rings is 1. The van der Waals surface area contributed by atoms with Gasteiger partial charge in [0, 0.05) is 5.56 Å². The molecule has 3 rings (SSSR count). The first-order chi connectivity index (χ1) is 9.66. The first-order valence-corrected chi connectivity index (χ1v) is 7.99. The third-order valence-electron chi connectivity index (χ3n) is 3.00. The summed E-state index contributed by atoms with van der Waals surface area (Å²) in [6.45, 7) is 2.10. The summed E-state index contributed by atoms with van der Waals surface area (Å²) in [6, 6.07) is 12.4. The molecule has 0 aliphatic rings. The minimum atomic E-state index is 0. The Bertz CT molecular complexity index is 744. The van der Waals surface area contributed by atoms with Crippen LogP contribution in [0.4, 0.5) is 5.13 Å². The third-order valence-corrected chi connectivity index (χ3v) is 4.08. The Morgan fingerprint density at radius 1 is 1.10 bits per heavy atom. The molecule has 0 bridgehead atoms. The van der Waals surface area contributed by atoms with Crippen LogP contribution in [0.3, 0.4) is 0 Å². The van der Waals surface area contributed by atoms with Gasteiger partial charge >= 0.3 is 51.4 Å². The predicted octanol–water partition coefficient (Wildman–Crippen LogP) is 1.67. The Morgan fingerprint density at radius 3 is 2.29 bits per heavy atom. The van der Waals surface area contributed by atoms with Gasteiger partial charge < -0.3 is 18.4 Å². The minimum absolute atomic E-state index is 0. The van der Waals surface area contributed by atoms with Crippen molar-refractivity contribution in [3.8, 4) is 11.3 Å². The van der Waals surface area contributed by atoms with Crippen molar-refractivity contribution in [2.24, 2.45) is 0 Å². The summed E-state index contributed by atoms with van der Waals surface area (Å²) in [6.07, 6.45) is 1.58. The number of nitrogens with zero attached hydrogens (tertiary/aromatic N) is 1. The molecule has 0 saturated heterocycles. The molecule has 3 aromatic rings. The molecule has 0 saturated carbocycles. The van der Waals surface area contributed by atoms with Gasteiger partial charge in [0.25, 0.3) is 0 Å². The van der Waals surface area contributed by atoms with Crippen LogP contribution in [-0.4, -0.2) is 11.2 Å². The zero-order valence-corrected chi connectivity index (χ0v) is 17.7. The van der Waals surface area contributed by atoms with E-state index in [4.69, 9.17) is 17.3 Å². The molecular weight excluding hydrogens is 347 g/mol. The minimum Gasteiger partial charge on any atom is -0.796 e. The number of nitrogens with two attached hydrogens (primary N) is 1. The molecule has 0 aliphatic carbocycles. The molecule has 0 aliphatic heterocycles. The van der Waals surface area contributed by atoms with Crippen molar-refractivity contribution in [3.05, 3.63) is 46.3 Å². The molecule has 0 unspecified atom stereocenters. The molecule has 0 radical (unpaired) electrons. The van der Waals surface area contributed by atoms with Crippen molar-refractivity contribution in [3.63, 3.8) is 0 Å². The van der Waals surface area contributed by atoms with Gasteiger partial charge in [-0.2, -0.15) is 6.26 Å². The van der Waals surface area contributed by atoms with Gasteiger partial charge in [-0.1, -0.05) is 59.3 Å².